The molecular formula is C19H22ClN3O5S. The van der Waals surface area contributed by atoms with Gasteiger partial charge in [-0.25, -0.2) is 13.8 Å². The third-order valence-electron chi connectivity index (χ3n) is 3.96. The first-order valence-electron chi connectivity index (χ1n) is 8.43. The number of ether oxygens (including phenoxy) is 2. The number of amides is 1. The van der Waals surface area contributed by atoms with E-state index in [1.165, 1.54) is 26.5 Å². The van der Waals surface area contributed by atoms with Crippen LogP contribution in [0.4, 0.5) is 5.69 Å². The third kappa shape index (κ3) is 6.10. The Morgan fingerprint density at radius 3 is 2.52 bits per heavy atom. The fourth-order valence-corrected chi connectivity index (χ4v) is 3.42. The molecule has 0 aliphatic rings. The van der Waals surface area contributed by atoms with E-state index in [1.807, 2.05) is 0 Å². The Morgan fingerprint density at radius 1 is 1.21 bits per heavy atom. The van der Waals surface area contributed by atoms with Crippen molar-refractivity contribution in [3.05, 3.63) is 52.5 Å². The SMILES string of the molecule is COc1ccc(/C=N\NC(=O)CN(c2ccc(C)c(Cl)c2)S(C)(=O)=O)c(OC)c1. The number of carbonyl (C=O) groups is 1. The van der Waals surface area contributed by atoms with Gasteiger partial charge in [0.05, 0.1) is 32.4 Å². The van der Waals surface area contributed by atoms with Crippen molar-refractivity contribution in [2.45, 2.75) is 6.92 Å². The number of aryl methyl sites for hydroxylation is 1. The smallest absolute Gasteiger partial charge is 0.260 e. The lowest BCUT2D eigenvalue weighted by Gasteiger charge is -2.21. The molecule has 0 fully saturated rings. The van der Waals surface area contributed by atoms with Crippen molar-refractivity contribution >= 4 is 39.4 Å². The molecule has 2 aromatic rings. The van der Waals surface area contributed by atoms with Crippen molar-refractivity contribution < 1.29 is 22.7 Å². The second kappa shape index (κ2) is 9.62. The summed E-state index contributed by atoms with van der Waals surface area (Å²) >= 11 is 6.08. The minimum atomic E-state index is -3.71. The summed E-state index contributed by atoms with van der Waals surface area (Å²) in [6.07, 6.45) is 2.41. The van der Waals surface area contributed by atoms with E-state index in [-0.39, 0.29) is 0 Å². The van der Waals surface area contributed by atoms with Gasteiger partial charge in [-0.2, -0.15) is 5.10 Å². The van der Waals surface area contributed by atoms with E-state index < -0.39 is 22.5 Å². The van der Waals surface area contributed by atoms with E-state index in [0.717, 1.165) is 16.1 Å². The summed E-state index contributed by atoms with van der Waals surface area (Å²) in [5, 5.41) is 4.28. The molecule has 0 unspecified atom stereocenters. The number of hydrazone groups is 1. The summed E-state index contributed by atoms with van der Waals surface area (Å²) in [6, 6.07) is 9.87. The van der Waals surface area contributed by atoms with Crippen LogP contribution in [0.2, 0.25) is 5.02 Å². The summed E-state index contributed by atoms with van der Waals surface area (Å²) < 4.78 is 35.6. The number of sulfonamides is 1. The molecule has 8 nitrogen and oxygen atoms in total. The average Bonchev–Trinajstić information content (AvgIpc) is 2.67. The summed E-state index contributed by atoms with van der Waals surface area (Å²) in [4.78, 5) is 12.3. The molecule has 1 amide bonds. The highest BCUT2D eigenvalue weighted by molar-refractivity contribution is 7.92. The maximum atomic E-state index is 12.3. The summed E-state index contributed by atoms with van der Waals surface area (Å²) in [6.45, 7) is 1.35. The summed E-state index contributed by atoms with van der Waals surface area (Å²) in [5.41, 5.74) is 4.01. The molecule has 10 heteroatoms. The van der Waals surface area contributed by atoms with Crippen LogP contribution >= 0.6 is 11.6 Å². The normalized spacial score (nSPS) is 11.3. The molecule has 0 aliphatic carbocycles. The fourth-order valence-electron chi connectivity index (χ4n) is 2.40. The van der Waals surface area contributed by atoms with Crippen LogP contribution in [0.5, 0.6) is 11.5 Å². The molecule has 29 heavy (non-hydrogen) atoms. The fraction of sp³-hybridized carbons (Fsp3) is 0.263. The van der Waals surface area contributed by atoms with Gasteiger partial charge in [-0.15, -0.1) is 0 Å². The van der Waals surface area contributed by atoms with Gasteiger partial charge >= 0.3 is 0 Å². The molecular weight excluding hydrogens is 418 g/mol. The summed E-state index contributed by atoms with van der Waals surface area (Å²) in [5.74, 6) is 0.508. The van der Waals surface area contributed by atoms with Gasteiger partial charge in [-0.3, -0.25) is 9.10 Å². The van der Waals surface area contributed by atoms with Crippen molar-refractivity contribution in [1.29, 1.82) is 0 Å². The number of carbonyl (C=O) groups excluding carboxylic acids is 1. The van der Waals surface area contributed by atoms with Gasteiger partial charge in [0, 0.05) is 16.7 Å². The van der Waals surface area contributed by atoms with Crippen LogP contribution in [0.15, 0.2) is 41.5 Å². The minimum absolute atomic E-state index is 0.291. The van der Waals surface area contributed by atoms with Crippen molar-refractivity contribution in [2.24, 2.45) is 5.10 Å². The van der Waals surface area contributed by atoms with Crippen molar-refractivity contribution in [1.82, 2.24) is 5.43 Å². The Kier molecular flexibility index (Phi) is 7.46. The van der Waals surface area contributed by atoms with Gasteiger partial charge in [0.2, 0.25) is 10.0 Å². The zero-order valence-electron chi connectivity index (χ0n) is 16.5. The minimum Gasteiger partial charge on any atom is -0.497 e. The number of nitrogens with zero attached hydrogens (tertiary/aromatic N) is 2. The molecule has 0 aliphatic heterocycles. The molecule has 156 valence electrons. The number of nitrogens with one attached hydrogen (secondary N) is 1. The number of rotatable bonds is 8. The average molecular weight is 440 g/mol. The highest BCUT2D eigenvalue weighted by Gasteiger charge is 2.21. The van der Waals surface area contributed by atoms with E-state index in [1.54, 1.807) is 37.3 Å². The third-order valence-corrected chi connectivity index (χ3v) is 5.51. The van der Waals surface area contributed by atoms with Crippen LogP contribution in [0.1, 0.15) is 11.1 Å². The first-order chi connectivity index (χ1) is 13.7. The Bertz CT molecular complexity index is 1020. The highest BCUT2D eigenvalue weighted by atomic mass is 35.5. The van der Waals surface area contributed by atoms with Gasteiger partial charge in [0.15, 0.2) is 0 Å². The number of halogens is 1. The van der Waals surface area contributed by atoms with E-state index in [4.69, 9.17) is 21.1 Å². The monoisotopic (exact) mass is 439 g/mol. The summed E-state index contributed by atoms with van der Waals surface area (Å²) in [7, 11) is -0.670. The molecule has 0 saturated heterocycles. The van der Waals surface area contributed by atoms with Gasteiger partial charge < -0.3 is 9.47 Å². The lowest BCUT2D eigenvalue weighted by atomic mass is 10.2. The largest absolute Gasteiger partial charge is 0.497 e. The highest BCUT2D eigenvalue weighted by Crippen LogP contribution is 2.25. The van der Waals surface area contributed by atoms with Crippen LogP contribution in [0.25, 0.3) is 0 Å². The van der Waals surface area contributed by atoms with Crippen molar-refractivity contribution in [2.75, 3.05) is 31.3 Å². The van der Waals surface area contributed by atoms with Gasteiger partial charge in [-0.1, -0.05) is 17.7 Å². The zero-order chi connectivity index (χ0) is 21.6. The lowest BCUT2D eigenvalue weighted by Crippen LogP contribution is -2.39. The molecule has 0 bridgehead atoms. The Balaban J connectivity index is 2.13. The van der Waals surface area contributed by atoms with Crippen LogP contribution in [0.3, 0.4) is 0 Å². The topological polar surface area (TPSA) is 97.3 Å². The molecule has 0 spiro atoms. The second-order valence-corrected chi connectivity index (χ2v) is 8.42. The van der Waals surface area contributed by atoms with E-state index >= 15 is 0 Å². The first kappa shape index (κ1) is 22.5. The Hall–Kier alpha value is -2.78. The maximum absolute atomic E-state index is 12.3. The van der Waals surface area contributed by atoms with Gasteiger partial charge in [-0.05, 0) is 36.8 Å². The van der Waals surface area contributed by atoms with E-state index in [9.17, 15) is 13.2 Å². The molecule has 2 rings (SSSR count). The van der Waals surface area contributed by atoms with E-state index in [0.29, 0.717) is 27.8 Å². The predicted octanol–water partition coefficient (Wildman–Crippen LogP) is 2.58. The first-order valence-corrected chi connectivity index (χ1v) is 10.7. The standard InChI is InChI=1S/C19H22ClN3O5S/c1-13-5-7-15(9-17(13)20)23(29(4,25)26)12-19(24)22-21-11-14-6-8-16(27-2)10-18(14)28-3/h5-11H,12H2,1-4H3,(H,22,24)/b21-11-. The maximum Gasteiger partial charge on any atom is 0.260 e. The van der Waals surface area contributed by atoms with Gasteiger partial charge in [0.25, 0.3) is 5.91 Å². The number of benzene rings is 2. The number of anilines is 1. The van der Waals surface area contributed by atoms with Crippen LogP contribution in [-0.4, -0.2) is 47.6 Å². The Morgan fingerprint density at radius 2 is 1.93 bits per heavy atom. The molecule has 0 atom stereocenters. The zero-order valence-corrected chi connectivity index (χ0v) is 18.0. The molecule has 1 N–H and O–H groups in total. The lowest BCUT2D eigenvalue weighted by molar-refractivity contribution is -0.119. The van der Waals surface area contributed by atoms with Crippen LogP contribution in [0, 0.1) is 6.92 Å². The molecule has 0 heterocycles. The van der Waals surface area contributed by atoms with Crippen LogP contribution < -0.4 is 19.2 Å². The quantitative estimate of drug-likeness (QED) is 0.503. The number of methoxy groups -OCH3 is 2. The Labute approximate surface area is 175 Å². The van der Waals surface area contributed by atoms with Crippen molar-refractivity contribution in [3.63, 3.8) is 0 Å². The van der Waals surface area contributed by atoms with Crippen molar-refractivity contribution in [3.8, 4) is 11.5 Å². The second-order valence-electron chi connectivity index (χ2n) is 6.10. The predicted molar refractivity (Wildman–Crippen MR) is 114 cm³/mol. The van der Waals surface area contributed by atoms with Gasteiger partial charge in [0.1, 0.15) is 18.0 Å². The number of hydrogen-bond acceptors (Lipinski definition) is 6. The molecule has 0 aromatic heterocycles. The molecule has 0 saturated carbocycles. The number of hydrogen-bond donors (Lipinski definition) is 1. The molecule has 2 aromatic carbocycles. The molecule has 0 radical (unpaired) electrons. The van der Waals surface area contributed by atoms with Crippen LogP contribution in [-0.2, 0) is 14.8 Å². The van der Waals surface area contributed by atoms with E-state index in [2.05, 4.69) is 10.5 Å².